The third-order valence-electron chi connectivity index (χ3n) is 3.32. The molecule has 18 heavy (non-hydrogen) atoms. The molecule has 0 aromatic carbocycles. The van der Waals surface area contributed by atoms with Crippen LogP contribution in [-0.4, -0.2) is 28.4 Å². The molecular weight excluding hydrogens is 234 g/mol. The lowest BCUT2D eigenvalue weighted by atomic mass is 10.1. The van der Waals surface area contributed by atoms with Crippen LogP contribution in [0.3, 0.4) is 0 Å². The van der Waals surface area contributed by atoms with Crippen molar-refractivity contribution in [3.05, 3.63) is 21.9 Å². The normalized spacial score (nSPS) is 12.2. The Bertz CT molecular complexity index is 513. The molecule has 1 heterocycles. The predicted octanol–water partition coefficient (Wildman–Crippen LogP) is 0.0698. The van der Waals surface area contributed by atoms with Crippen LogP contribution in [0.5, 0.6) is 0 Å². The lowest BCUT2D eigenvalue weighted by molar-refractivity contribution is -0.121. The topological polar surface area (TPSA) is 73.1 Å². The van der Waals surface area contributed by atoms with E-state index < -0.39 is 6.04 Å². The number of nitrogens with zero attached hydrogens (tertiary/aromatic N) is 2. The molecule has 0 aliphatic rings. The Balaban J connectivity index is 3.03. The van der Waals surface area contributed by atoms with Gasteiger partial charge in [0.2, 0.25) is 5.91 Å². The van der Waals surface area contributed by atoms with Gasteiger partial charge in [-0.25, -0.2) is 4.79 Å². The van der Waals surface area contributed by atoms with Crippen molar-refractivity contribution in [2.75, 3.05) is 7.05 Å². The Morgan fingerprint density at radius 1 is 1.39 bits per heavy atom. The minimum Gasteiger partial charge on any atom is -0.359 e. The van der Waals surface area contributed by atoms with E-state index in [1.54, 1.807) is 21.0 Å². The van der Waals surface area contributed by atoms with E-state index in [4.69, 9.17) is 0 Å². The Hall–Kier alpha value is -1.85. The number of carbonyl (C=O) groups excluding carboxylic acids is 2. The summed E-state index contributed by atoms with van der Waals surface area (Å²) < 4.78 is 2.96. The lowest BCUT2D eigenvalue weighted by Crippen LogP contribution is -2.29. The van der Waals surface area contributed by atoms with E-state index in [0.29, 0.717) is 6.42 Å². The van der Waals surface area contributed by atoms with E-state index in [2.05, 4.69) is 5.32 Å². The number of aldehydes is 1. The minimum atomic E-state index is -0.588. The number of imidazole rings is 1. The van der Waals surface area contributed by atoms with Crippen molar-refractivity contribution in [2.24, 2.45) is 7.05 Å². The van der Waals surface area contributed by atoms with Crippen LogP contribution in [0, 0.1) is 13.8 Å². The van der Waals surface area contributed by atoms with Crippen LogP contribution in [0.25, 0.3) is 0 Å². The average Bonchev–Trinajstić information content (AvgIpc) is 2.56. The maximum absolute atomic E-state index is 12.0. The predicted molar refractivity (Wildman–Crippen MR) is 67.5 cm³/mol. The third kappa shape index (κ3) is 2.52. The highest BCUT2D eigenvalue weighted by atomic mass is 16.2. The number of hydrogen-bond donors (Lipinski definition) is 1. The van der Waals surface area contributed by atoms with E-state index >= 15 is 0 Å². The molecule has 1 aromatic rings. The summed E-state index contributed by atoms with van der Waals surface area (Å²) in [5.74, 6) is -0.139. The molecule has 0 spiro atoms. The van der Waals surface area contributed by atoms with Gasteiger partial charge < -0.3 is 10.1 Å². The monoisotopic (exact) mass is 253 g/mol. The lowest BCUT2D eigenvalue weighted by Gasteiger charge is -2.12. The molecule has 1 rings (SSSR count). The van der Waals surface area contributed by atoms with E-state index in [0.717, 1.165) is 17.7 Å². The molecule has 0 aliphatic heterocycles. The molecule has 100 valence electrons. The molecule has 6 nitrogen and oxygen atoms in total. The summed E-state index contributed by atoms with van der Waals surface area (Å²) >= 11 is 0. The fraction of sp³-hybridized carbons (Fsp3) is 0.583. The zero-order valence-corrected chi connectivity index (χ0v) is 11.2. The van der Waals surface area contributed by atoms with Gasteiger partial charge in [0.1, 0.15) is 6.29 Å². The van der Waals surface area contributed by atoms with Gasteiger partial charge in [0, 0.05) is 31.9 Å². The summed E-state index contributed by atoms with van der Waals surface area (Å²) in [6.07, 6.45) is 1.27. The molecule has 6 heteroatoms. The summed E-state index contributed by atoms with van der Waals surface area (Å²) in [6.45, 7) is 3.63. The van der Waals surface area contributed by atoms with Gasteiger partial charge in [-0.1, -0.05) is 0 Å². The number of carbonyl (C=O) groups is 2. The van der Waals surface area contributed by atoms with Crippen LogP contribution in [0.2, 0.25) is 0 Å². The first-order chi connectivity index (χ1) is 8.43. The number of aromatic nitrogens is 2. The van der Waals surface area contributed by atoms with E-state index in [-0.39, 0.29) is 18.0 Å². The van der Waals surface area contributed by atoms with Crippen LogP contribution < -0.4 is 11.0 Å². The Morgan fingerprint density at radius 3 is 2.39 bits per heavy atom. The standard InChI is InChI=1S/C12H19N3O3/c1-8-9(2)15(12(18)14(8)4)10(7-16)5-6-11(17)13-3/h7,10H,5-6H2,1-4H3,(H,13,17). The van der Waals surface area contributed by atoms with Gasteiger partial charge in [-0.3, -0.25) is 13.9 Å². The van der Waals surface area contributed by atoms with Crippen LogP contribution in [0.15, 0.2) is 4.79 Å². The Morgan fingerprint density at radius 2 is 2.00 bits per heavy atom. The molecule has 1 aromatic heterocycles. The highest BCUT2D eigenvalue weighted by Gasteiger charge is 2.19. The van der Waals surface area contributed by atoms with Crippen molar-refractivity contribution in [3.63, 3.8) is 0 Å². The SMILES string of the molecule is CNC(=O)CCC(C=O)n1c(C)c(C)n(C)c1=O. The molecule has 0 fully saturated rings. The van der Waals surface area contributed by atoms with Gasteiger partial charge in [-0.05, 0) is 20.3 Å². The second-order valence-electron chi connectivity index (χ2n) is 4.30. The van der Waals surface area contributed by atoms with Crippen LogP contribution in [-0.2, 0) is 16.6 Å². The molecule has 0 aliphatic carbocycles. The van der Waals surface area contributed by atoms with Crippen LogP contribution >= 0.6 is 0 Å². The Labute approximate surface area is 106 Å². The molecule has 0 bridgehead atoms. The van der Waals surface area contributed by atoms with E-state index in [9.17, 15) is 14.4 Å². The molecule has 0 saturated carbocycles. The summed E-state index contributed by atoms with van der Waals surface area (Å²) in [4.78, 5) is 34.3. The zero-order valence-electron chi connectivity index (χ0n) is 11.2. The van der Waals surface area contributed by atoms with Gasteiger partial charge in [-0.2, -0.15) is 0 Å². The zero-order chi connectivity index (χ0) is 13.9. The average molecular weight is 253 g/mol. The van der Waals surface area contributed by atoms with Gasteiger partial charge >= 0.3 is 5.69 Å². The summed E-state index contributed by atoms with van der Waals surface area (Å²) in [6, 6.07) is -0.588. The van der Waals surface area contributed by atoms with E-state index in [1.807, 2.05) is 6.92 Å². The molecule has 0 saturated heterocycles. The van der Waals surface area contributed by atoms with Crippen LogP contribution in [0.4, 0.5) is 0 Å². The van der Waals surface area contributed by atoms with Crippen molar-refractivity contribution in [1.82, 2.24) is 14.5 Å². The van der Waals surface area contributed by atoms with Crippen molar-refractivity contribution >= 4 is 12.2 Å². The molecule has 1 atom stereocenters. The number of hydrogen-bond acceptors (Lipinski definition) is 3. The first-order valence-electron chi connectivity index (χ1n) is 5.84. The highest BCUT2D eigenvalue weighted by molar-refractivity contribution is 5.76. The maximum atomic E-state index is 12.0. The van der Waals surface area contributed by atoms with Gasteiger partial charge in [0.15, 0.2) is 0 Å². The molecule has 0 radical (unpaired) electrons. The second-order valence-corrected chi connectivity index (χ2v) is 4.30. The van der Waals surface area contributed by atoms with Gasteiger partial charge in [0.05, 0.1) is 6.04 Å². The fourth-order valence-corrected chi connectivity index (χ4v) is 1.92. The number of rotatable bonds is 5. The molecule has 1 unspecified atom stereocenters. The third-order valence-corrected chi connectivity index (χ3v) is 3.32. The van der Waals surface area contributed by atoms with Gasteiger partial charge in [0.25, 0.3) is 0 Å². The fourth-order valence-electron chi connectivity index (χ4n) is 1.92. The largest absolute Gasteiger partial charge is 0.359 e. The number of nitrogens with one attached hydrogen (secondary N) is 1. The quantitative estimate of drug-likeness (QED) is 0.755. The summed E-state index contributed by atoms with van der Waals surface area (Å²) in [7, 11) is 3.21. The van der Waals surface area contributed by atoms with Gasteiger partial charge in [-0.15, -0.1) is 0 Å². The smallest absolute Gasteiger partial charge is 0.328 e. The number of amides is 1. The summed E-state index contributed by atoms with van der Waals surface area (Å²) in [5.41, 5.74) is 1.36. The van der Waals surface area contributed by atoms with Crippen molar-refractivity contribution in [1.29, 1.82) is 0 Å². The van der Waals surface area contributed by atoms with Crippen molar-refractivity contribution < 1.29 is 9.59 Å². The molecule has 1 amide bonds. The Kier molecular flexibility index (Phi) is 4.47. The molecular formula is C12H19N3O3. The summed E-state index contributed by atoms with van der Waals surface area (Å²) in [5, 5.41) is 2.49. The van der Waals surface area contributed by atoms with E-state index in [1.165, 1.54) is 9.13 Å². The maximum Gasteiger partial charge on any atom is 0.328 e. The minimum absolute atomic E-state index is 0.139. The van der Waals surface area contributed by atoms with Crippen molar-refractivity contribution in [2.45, 2.75) is 32.7 Å². The van der Waals surface area contributed by atoms with Crippen molar-refractivity contribution in [3.8, 4) is 0 Å². The molecule has 1 N–H and O–H groups in total. The highest BCUT2D eigenvalue weighted by Crippen LogP contribution is 2.14. The second kappa shape index (κ2) is 5.66. The first kappa shape index (κ1) is 14.2. The van der Waals surface area contributed by atoms with Crippen LogP contribution in [0.1, 0.15) is 30.3 Å². The first-order valence-corrected chi connectivity index (χ1v) is 5.84.